The van der Waals surface area contributed by atoms with Crippen molar-refractivity contribution >= 4 is 12.2 Å². The zero-order chi connectivity index (χ0) is 10.6. The molecule has 0 unspecified atom stereocenters. The summed E-state index contributed by atoms with van der Waals surface area (Å²) in [6.45, 7) is 0.795. The fourth-order valence-electron chi connectivity index (χ4n) is 1.28. The van der Waals surface area contributed by atoms with Crippen LogP contribution in [0.5, 0.6) is 0 Å². The molecule has 4 N–H and O–H groups in total. The second kappa shape index (κ2) is 10.0. The van der Waals surface area contributed by atoms with Crippen molar-refractivity contribution in [2.75, 3.05) is 6.54 Å². The fourth-order valence-corrected chi connectivity index (χ4v) is 1.28. The van der Waals surface area contributed by atoms with E-state index in [-0.39, 0.29) is 5.96 Å². The Labute approximate surface area is 85.8 Å². The van der Waals surface area contributed by atoms with Gasteiger partial charge in [-0.2, -0.15) is 0 Å². The van der Waals surface area contributed by atoms with Crippen LogP contribution >= 0.6 is 0 Å². The third-order valence-corrected chi connectivity index (χ3v) is 2.06. The summed E-state index contributed by atoms with van der Waals surface area (Å²) in [4.78, 5) is 10.0. The van der Waals surface area contributed by atoms with E-state index < -0.39 is 0 Å². The van der Waals surface area contributed by atoms with Gasteiger partial charge in [-0.05, 0) is 12.8 Å². The van der Waals surface area contributed by atoms with Gasteiger partial charge >= 0.3 is 0 Å². The number of hydrogen-bond acceptors (Lipinski definition) is 2. The molecule has 0 heterocycles. The second-order valence-corrected chi connectivity index (χ2v) is 3.42. The lowest BCUT2D eigenvalue weighted by Crippen LogP contribution is -2.30. The van der Waals surface area contributed by atoms with Crippen molar-refractivity contribution in [3.05, 3.63) is 0 Å². The standard InChI is InChI=1S/C10H21N3O/c11-10(12)13-8-6-4-2-1-3-5-7-9-14/h9H,1-8H2,(H4,11,12,13). The Morgan fingerprint density at radius 1 is 1.14 bits per heavy atom. The van der Waals surface area contributed by atoms with Gasteiger partial charge in [0.15, 0.2) is 5.96 Å². The van der Waals surface area contributed by atoms with E-state index in [4.69, 9.17) is 11.1 Å². The molecule has 0 aliphatic heterocycles. The molecule has 14 heavy (non-hydrogen) atoms. The highest BCUT2D eigenvalue weighted by molar-refractivity contribution is 5.74. The minimum atomic E-state index is 0.0518. The summed E-state index contributed by atoms with van der Waals surface area (Å²) in [5.74, 6) is 0.0518. The molecule has 4 nitrogen and oxygen atoms in total. The molecule has 0 fully saturated rings. The lowest BCUT2D eigenvalue weighted by Gasteiger charge is -2.03. The highest BCUT2D eigenvalue weighted by atomic mass is 16.1. The Hall–Kier alpha value is -1.06. The van der Waals surface area contributed by atoms with E-state index in [1.165, 1.54) is 19.3 Å². The molecular weight excluding hydrogens is 178 g/mol. The number of guanidine groups is 1. The number of nitrogens with two attached hydrogens (primary N) is 1. The van der Waals surface area contributed by atoms with Crippen LogP contribution in [0.25, 0.3) is 0 Å². The van der Waals surface area contributed by atoms with Gasteiger partial charge in [0.05, 0.1) is 0 Å². The summed E-state index contributed by atoms with van der Waals surface area (Å²) in [7, 11) is 0. The van der Waals surface area contributed by atoms with Crippen LogP contribution in [0.1, 0.15) is 44.9 Å². The van der Waals surface area contributed by atoms with Crippen molar-refractivity contribution in [2.24, 2.45) is 5.73 Å². The zero-order valence-electron chi connectivity index (χ0n) is 8.72. The maximum absolute atomic E-state index is 10.0. The smallest absolute Gasteiger partial charge is 0.185 e. The molecule has 0 rings (SSSR count). The monoisotopic (exact) mass is 199 g/mol. The van der Waals surface area contributed by atoms with Gasteiger partial charge in [0.2, 0.25) is 0 Å². The van der Waals surface area contributed by atoms with E-state index in [0.29, 0.717) is 6.42 Å². The SMILES string of the molecule is N=C(N)NCCCCCCCCC=O. The van der Waals surface area contributed by atoms with Crippen LogP contribution in [0.2, 0.25) is 0 Å². The first-order chi connectivity index (χ1) is 6.77. The highest BCUT2D eigenvalue weighted by Gasteiger charge is 1.91. The number of carbonyl (C=O) groups excluding carboxylic acids is 1. The summed E-state index contributed by atoms with van der Waals surface area (Å²) in [5.41, 5.74) is 5.13. The number of carbonyl (C=O) groups is 1. The maximum atomic E-state index is 10.0. The van der Waals surface area contributed by atoms with Crippen molar-refractivity contribution in [2.45, 2.75) is 44.9 Å². The molecule has 0 aromatic rings. The quantitative estimate of drug-likeness (QED) is 0.227. The summed E-state index contributed by atoms with van der Waals surface area (Å²) in [6, 6.07) is 0. The first kappa shape index (κ1) is 12.9. The molecule has 0 saturated heterocycles. The maximum Gasteiger partial charge on any atom is 0.185 e. The Morgan fingerprint density at radius 2 is 1.71 bits per heavy atom. The Balaban J connectivity index is 2.92. The van der Waals surface area contributed by atoms with E-state index in [0.717, 1.165) is 32.1 Å². The van der Waals surface area contributed by atoms with Crippen molar-refractivity contribution in [1.82, 2.24) is 5.32 Å². The molecule has 0 aliphatic carbocycles. The fraction of sp³-hybridized carbons (Fsp3) is 0.800. The highest BCUT2D eigenvalue weighted by Crippen LogP contribution is 2.05. The molecule has 82 valence electrons. The van der Waals surface area contributed by atoms with Crippen molar-refractivity contribution < 1.29 is 4.79 Å². The lowest BCUT2D eigenvalue weighted by atomic mass is 10.1. The number of rotatable bonds is 9. The van der Waals surface area contributed by atoms with Gasteiger partial charge in [-0.1, -0.05) is 25.7 Å². The molecule has 0 atom stereocenters. The van der Waals surface area contributed by atoms with E-state index in [9.17, 15) is 4.79 Å². The Morgan fingerprint density at radius 3 is 2.29 bits per heavy atom. The van der Waals surface area contributed by atoms with Crippen LogP contribution < -0.4 is 11.1 Å². The topological polar surface area (TPSA) is 79.0 Å². The van der Waals surface area contributed by atoms with Gasteiger partial charge in [-0.3, -0.25) is 5.41 Å². The first-order valence-electron chi connectivity index (χ1n) is 5.29. The van der Waals surface area contributed by atoms with Crippen LogP contribution in [-0.4, -0.2) is 18.8 Å². The second-order valence-electron chi connectivity index (χ2n) is 3.42. The van der Waals surface area contributed by atoms with E-state index >= 15 is 0 Å². The van der Waals surface area contributed by atoms with Crippen LogP contribution in [0.15, 0.2) is 0 Å². The molecule has 0 amide bonds. The molecule has 0 aliphatic rings. The summed E-state index contributed by atoms with van der Waals surface area (Å²) < 4.78 is 0. The largest absolute Gasteiger partial charge is 0.370 e. The molecule has 0 saturated carbocycles. The van der Waals surface area contributed by atoms with Gasteiger partial charge in [0.25, 0.3) is 0 Å². The minimum Gasteiger partial charge on any atom is -0.370 e. The predicted molar refractivity (Wildman–Crippen MR) is 58.3 cm³/mol. The van der Waals surface area contributed by atoms with Gasteiger partial charge in [0, 0.05) is 13.0 Å². The van der Waals surface area contributed by atoms with Gasteiger partial charge in [0.1, 0.15) is 6.29 Å². The number of nitrogens with one attached hydrogen (secondary N) is 2. The van der Waals surface area contributed by atoms with Crippen molar-refractivity contribution in [3.63, 3.8) is 0 Å². The molecule has 0 aromatic heterocycles. The summed E-state index contributed by atoms with van der Waals surface area (Å²) in [5, 5.41) is 9.69. The van der Waals surface area contributed by atoms with Crippen LogP contribution in [-0.2, 0) is 4.79 Å². The van der Waals surface area contributed by atoms with Gasteiger partial charge in [-0.15, -0.1) is 0 Å². The van der Waals surface area contributed by atoms with E-state index in [1.54, 1.807) is 0 Å². The Bertz CT molecular complexity index is 159. The Kier molecular flexibility index (Phi) is 9.26. The first-order valence-corrected chi connectivity index (χ1v) is 5.29. The summed E-state index contributed by atoms with van der Waals surface area (Å²) >= 11 is 0. The van der Waals surface area contributed by atoms with Crippen LogP contribution in [0, 0.1) is 5.41 Å². The van der Waals surface area contributed by atoms with E-state index in [1.807, 2.05) is 0 Å². The van der Waals surface area contributed by atoms with Crippen molar-refractivity contribution in [3.8, 4) is 0 Å². The number of unbranched alkanes of at least 4 members (excludes halogenated alkanes) is 6. The van der Waals surface area contributed by atoms with Gasteiger partial charge < -0.3 is 15.8 Å². The molecule has 0 radical (unpaired) electrons. The number of hydrogen-bond donors (Lipinski definition) is 3. The average Bonchev–Trinajstić information content (AvgIpc) is 2.15. The predicted octanol–water partition coefficient (Wildman–Crippen LogP) is 1.40. The van der Waals surface area contributed by atoms with Crippen LogP contribution in [0.4, 0.5) is 0 Å². The minimum absolute atomic E-state index is 0.0518. The lowest BCUT2D eigenvalue weighted by molar-refractivity contribution is -0.107. The molecule has 0 aromatic carbocycles. The van der Waals surface area contributed by atoms with Crippen LogP contribution in [0.3, 0.4) is 0 Å². The normalized spacial score (nSPS) is 9.71. The summed E-state index contributed by atoms with van der Waals surface area (Å²) in [6.07, 6.45) is 8.50. The molecular formula is C10H21N3O. The van der Waals surface area contributed by atoms with Gasteiger partial charge in [-0.25, -0.2) is 0 Å². The average molecular weight is 199 g/mol. The molecule has 4 heteroatoms. The third-order valence-electron chi connectivity index (χ3n) is 2.06. The van der Waals surface area contributed by atoms with E-state index in [2.05, 4.69) is 5.32 Å². The number of aldehydes is 1. The zero-order valence-corrected chi connectivity index (χ0v) is 8.72. The third kappa shape index (κ3) is 10.9. The molecule has 0 bridgehead atoms. The van der Waals surface area contributed by atoms with Crippen molar-refractivity contribution in [1.29, 1.82) is 5.41 Å². The molecule has 0 spiro atoms.